The molecular formula is C11H14N4. The Morgan fingerprint density at radius 2 is 2.00 bits per heavy atom. The zero-order valence-corrected chi connectivity index (χ0v) is 9.18. The van der Waals surface area contributed by atoms with Gasteiger partial charge in [0.1, 0.15) is 18.5 Å². The molecule has 0 saturated carbocycles. The molecule has 0 amide bonds. The Morgan fingerprint density at radius 1 is 1.20 bits per heavy atom. The van der Waals surface area contributed by atoms with Crippen molar-refractivity contribution in [3.63, 3.8) is 0 Å². The monoisotopic (exact) mass is 202 g/mol. The van der Waals surface area contributed by atoms with E-state index < -0.39 is 0 Å². The molecule has 0 aliphatic heterocycles. The molecule has 0 unspecified atom stereocenters. The maximum Gasteiger partial charge on any atom is 0.141 e. The zero-order valence-electron chi connectivity index (χ0n) is 9.18. The quantitative estimate of drug-likeness (QED) is 0.710. The van der Waals surface area contributed by atoms with Gasteiger partial charge in [-0.05, 0) is 0 Å². The number of hydrogen-bond acceptors (Lipinski definition) is 3. The summed E-state index contributed by atoms with van der Waals surface area (Å²) in [6.07, 6.45) is 6.93. The van der Waals surface area contributed by atoms with Gasteiger partial charge in [-0.3, -0.25) is 4.57 Å². The Bertz CT molecular complexity index is 440. The minimum atomic E-state index is 0.0400. The van der Waals surface area contributed by atoms with Crippen molar-refractivity contribution < 1.29 is 0 Å². The van der Waals surface area contributed by atoms with E-state index in [1.54, 1.807) is 18.9 Å². The first-order chi connectivity index (χ1) is 7.07. The normalized spacial score (nSPS) is 11.7. The molecule has 0 bridgehead atoms. The Kier molecular flexibility index (Phi) is 2.26. The Balaban J connectivity index is 2.44. The van der Waals surface area contributed by atoms with Crippen LogP contribution in [0.1, 0.15) is 26.5 Å². The Labute approximate surface area is 89.0 Å². The summed E-state index contributed by atoms with van der Waals surface area (Å²) in [4.78, 5) is 12.5. The van der Waals surface area contributed by atoms with Crippen LogP contribution < -0.4 is 0 Å². The molecule has 2 aromatic heterocycles. The first kappa shape index (κ1) is 9.83. The molecule has 0 fully saturated rings. The van der Waals surface area contributed by atoms with E-state index in [-0.39, 0.29) is 5.41 Å². The molecule has 4 heteroatoms. The maximum atomic E-state index is 4.28. The molecular weight excluding hydrogens is 188 g/mol. The number of rotatable bonds is 1. The average molecular weight is 202 g/mol. The highest BCUT2D eigenvalue weighted by atomic mass is 15.1. The molecule has 0 atom stereocenters. The third kappa shape index (κ3) is 2.03. The predicted molar refractivity (Wildman–Crippen MR) is 57.9 cm³/mol. The number of hydrogen-bond donors (Lipinski definition) is 0. The molecule has 0 radical (unpaired) electrons. The van der Waals surface area contributed by atoms with Gasteiger partial charge >= 0.3 is 0 Å². The lowest BCUT2D eigenvalue weighted by atomic mass is 9.92. The van der Waals surface area contributed by atoms with Crippen molar-refractivity contribution in [3.8, 4) is 5.82 Å². The Hall–Kier alpha value is -1.71. The highest BCUT2D eigenvalue weighted by molar-refractivity contribution is 5.26. The number of nitrogens with zero attached hydrogens (tertiary/aromatic N) is 4. The zero-order chi connectivity index (χ0) is 10.9. The van der Waals surface area contributed by atoms with Crippen LogP contribution in [0, 0.1) is 0 Å². The second kappa shape index (κ2) is 3.46. The van der Waals surface area contributed by atoms with Crippen molar-refractivity contribution >= 4 is 0 Å². The van der Waals surface area contributed by atoms with Crippen LogP contribution in [0.3, 0.4) is 0 Å². The van der Waals surface area contributed by atoms with Crippen LogP contribution in [0.2, 0.25) is 0 Å². The summed E-state index contributed by atoms with van der Waals surface area (Å²) >= 11 is 0. The van der Waals surface area contributed by atoms with E-state index in [0.29, 0.717) is 0 Å². The molecule has 0 N–H and O–H groups in total. The first-order valence-electron chi connectivity index (χ1n) is 4.88. The summed E-state index contributed by atoms with van der Waals surface area (Å²) in [5.41, 5.74) is 1.07. The summed E-state index contributed by atoms with van der Waals surface area (Å²) in [6, 6.07) is 1.99. The molecule has 2 rings (SSSR count). The molecule has 78 valence electrons. The third-order valence-electron chi connectivity index (χ3n) is 2.19. The van der Waals surface area contributed by atoms with E-state index in [4.69, 9.17) is 0 Å². The van der Waals surface area contributed by atoms with Crippen LogP contribution in [-0.4, -0.2) is 19.5 Å². The summed E-state index contributed by atoms with van der Waals surface area (Å²) in [5, 5.41) is 0. The molecule has 0 aliphatic rings. The molecule has 4 nitrogen and oxygen atoms in total. The van der Waals surface area contributed by atoms with E-state index in [1.165, 1.54) is 0 Å². The van der Waals surface area contributed by atoms with Crippen molar-refractivity contribution in [1.82, 2.24) is 19.5 Å². The second-order valence-electron chi connectivity index (χ2n) is 4.48. The lowest BCUT2D eigenvalue weighted by molar-refractivity contribution is 0.566. The van der Waals surface area contributed by atoms with Gasteiger partial charge in [0.15, 0.2) is 0 Å². The van der Waals surface area contributed by atoms with Crippen molar-refractivity contribution in [2.75, 3.05) is 0 Å². The van der Waals surface area contributed by atoms with E-state index in [9.17, 15) is 0 Å². The standard InChI is InChI=1S/C11H14N4/c1-11(2,3)9-6-10(14-7-13-9)15-5-4-12-8-15/h4-8H,1-3H3. The minimum absolute atomic E-state index is 0.0400. The molecule has 2 aromatic rings. The van der Waals surface area contributed by atoms with Crippen molar-refractivity contribution in [2.24, 2.45) is 0 Å². The summed E-state index contributed by atoms with van der Waals surface area (Å²) in [5.74, 6) is 0.854. The molecule has 2 heterocycles. The smallest absolute Gasteiger partial charge is 0.141 e. The van der Waals surface area contributed by atoms with Gasteiger partial charge in [-0.2, -0.15) is 0 Å². The second-order valence-corrected chi connectivity index (χ2v) is 4.48. The molecule has 0 spiro atoms. The van der Waals surface area contributed by atoms with Crippen molar-refractivity contribution in [1.29, 1.82) is 0 Å². The van der Waals surface area contributed by atoms with Gasteiger partial charge in [0, 0.05) is 23.9 Å². The van der Waals surface area contributed by atoms with Crippen LogP contribution >= 0.6 is 0 Å². The van der Waals surface area contributed by atoms with Crippen LogP contribution in [0.25, 0.3) is 5.82 Å². The van der Waals surface area contributed by atoms with E-state index in [0.717, 1.165) is 11.5 Å². The lowest BCUT2D eigenvalue weighted by Gasteiger charge is -2.17. The van der Waals surface area contributed by atoms with Crippen LogP contribution in [0.4, 0.5) is 0 Å². The van der Waals surface area contributed by atoms with Crippen molar-refractivity contribution in [3.05, 3.63) is 36.8 Å². The van der Waals surface area contributed by atoms with Crippen molar-refractivity contribution in [2.45, 2.75) is 26.2 Å². The molecule has 0 saturated heterocycles. The van der Waals surface area contributed by atoms with Gasteiger partial charge in [-0.15, -0.1) is 0 Å². The number of imidazole rings is 1. The molecule has 0 aromatic carbocycles. The lowest BCUT2D eigenvalue weighted by Crippen LogP contribution is -2.14. The average Bonchev–Trinajstić information content (AvgIpc) is 2.69. The summed E-state index contributed by atoms with van der Waals surface area (Å²) in [6.45, 7) is 6.40. The maximum absolute atomic E-state index is 4.28. The third-order valence-corrected chi connectivity index (χ3v) is 2.19. The SMILES string of the molecule is CC(C)(C)c1cc(-n2ccnc2)ncn1. The van der Waals surface area contributed by atoms with Gasteiger partial charge in [-0.25, -0.2) is 15.0 Å². The predicted octanol–water partition coefficient (Wildman–Crippen LogP) is 1.96. The van der Waals surface area contributed by atoms with E-state index >= 15 is 0 Å². The van der Waals surface area contributed by atoms with Crippen LogP contribution in [0.15, 0.2) is 31.1 Å². The van der Waals surface area contributed by atoms with E-state index in [2.05, 4.69) is 35.7 Å². The number of aromatic nitrogens is 4. The fraction of sp³-hybridized carbons (Fsp3) is 0.364. The minimum Gasteiger partial charge on any atom is -0.290 e. The van der Waals surface area contributed by atoms with Crippen LogP contribution in [0.5, 0.6) is 0 Å². The summed E-state index contributed by atoms with van der Waals surface area (Å²) < 4.78 is 1.87. The van der Waals surface area contributed by atoms with Gasteiger partial charge in [0.2, 0.25) is 0 Å². The van der Waals surface area contributed by atoms with E-state index in [1.807, 2.05) is 16.8 Å². The first-order valence-corrected chi connectivity index (χ1v) is 4.88. The van der Waals surface area contributed by atoms with Crippen LogP contribution in [-0.2, 0) is 5.41 Å². The topological polar surface area (TPSA) is 43.6 Å². The van der Waals surface area contributed by atoms with Gasteiger partial charge in [0.25, 0.3) is 0 Å². The fourth-order valence-corrected chi connectivity index (χ4v) is 1.29. The van der Waals surface area contributed by atoms with Gasteiger partial charge in [-0.1, -0.05) is 20.8 Å². The fourth-order valence-electron chi connectivity index (χ4n) is 1.29. The highest BCUT2D eigenvalue weighted by Crippen LogP contribution is 2.20. The van der Waals surface area contributed by atoms with Gasteiger partial charge < -0.3 is 0 Å². The molecule has 0 aliphatic carbocycles. The Morgan fingerprint density at radius 3 is 2.60 bits per heavy atom. The largest absolute Gasteiger partial charge is 0.290 e. The van der Waals surface area contributed by atoms with Gasteiger partial charge in [0.05, 0.1) is 5.69 Å². The molecule has 15 heavy (non-hydrogen) atoms. The summed E-state index contributed by atoms with van der Waals surface area (Å²) in [7, 11) is 0. The highest BCUT2D eigenvalue weighted by Gasteiger charge is 2.16.